The van der Waals surface area contributed by atoms with Crippen LogP contribution in [0.5, 0.6) is 0 Å². The normalized spacial score (nSPS) is 11.8. The Bertz CT molecular complexity index is 1870. The number of fused-ring (bicyclic) bond motifs is 2. The number of benzene rings is 3. The third-order valence-corrected chi connectivity index (χ3v) is 7.05. The van der Waals surface area contributed by atoms with Crippen LogP contribution < -0.4 is 5.56 Å². The first kappa shape index (κ1) is 22.8. The number of rotatable bonds is 4. The standard InChI is InChI=1S/C27H14BrCl2N3O3/c28-20-8-5-15(12-21(20)30)23-10-7-18(35-23)14-31-33-26(32-22-4-2-1-3-19(22)27(33)34)25-13-16-11-17(29)6-9-24(16)36-25/h1-14H. The van der Waals surface area contributed by atoms with E-state index in [-0.39, 0.29) is 11.4 Å². The fraction of sp³-hybridized carbons (Fsp3) is 0. The van der Waals surface area contributed by atoms with Crippen molar-refractivity contribution >= 4 is 67.2 Å². The Balaban J connectivity index is 1.46. The Hall–Kier alpha value is -3.65. The van der Waals surface area contributed by atoms with E-state index in [0.29, 0.717) is 43.8 Å². The molecule has 0 saturated heterocycles. The van der Waals surface area contributed by atoms with Gasteiger partial charge in [0.25, 0.3) is 5.56 Å². The van der Waals surface area contributed by atoms with E-state index in [4.69, 9.17) is 32.0 Å². The second-order valence-corrected chi connectivity index (χ2v) is 9.64. The van der Waals surface area contributed by atoms with E-state index in [1.807, 2.05) is 24.3 Å². The summed E-state index contributed by atoms with van der Waals surface area (Å²) >= 11 is 15.7. The van der Waals surface area contributed by atoms with Crippen molar-refractivity contribution in [3.05, 3.63) is 109 Å². The van der Waals surface area contributed by atoms with Crippen molar-refractivity contribution < 1.29 is 8.83 Å². The van der Waals surface area contributed by atoms with Gasteiger partial charge < -0.3 is 8.83 Å². The first-order valence-electron chi connectivity index (χ1n) is 10.8. The molecule has 3 aromatic carbocycles. The number of halogens is 3. The van der Waals surface area contributed by atoms with Crippen molar-refractivity contribution in [3.63, 3.8) is 0 Å². The third kappa shape index (κ3) is 4.15. The smallest absolute Gasteiger partial charge is 0.282 e. The maximum atomic E-state index is 13.4. The van der Waals surface area contributed by atoms with E-state index in [2.05, 4.69) is 26.0 Å². The molecule has 9 heteroatoms. The Morgan fingerprint density at radius 1 is 0.917 bits per heavy atom. The summed E-state index contributed by atoms with van der Waals surface area (Å²) in [6.07, 6.45) is 1.46. The number of para-hydroxylation sites is 1. The number of furan rings is 2. The lowest BCUT2D eigenvalue weighted by atomic mass is 10.2. The van der Waals surface area contributed by atoms with Crippen molar-refractivity contribution in [2.75, 3.05) is 0 Å². The predicted octanol–water partition coefficient (Wildman–Crippen LogP) is 8.02. The molecular weight excluding hydrogens is 565 g/mol. The first-order chi connectivity index (χ1) is 17.5. The van der Waals surface area contributed by atoms with Crippen molar-refractivity contribution in [3.8, 4) is 22.9 Å². The lowest BCUT2D eigenvalue weighted by molar-refractivity contribution is 0.573. The molecule has 6 aromatic rings. The lowest BCUT2D eigenvalue weighted by Crippen LogP contribution is -2.20. The Kier molecular flexibility index (Phi) is 5.76. The predicted molar refractivity (Wildman–Crippen MR) is 146 cm³/mol. The van der Waals surface area contributed by atoms with Gasteiger partial charge in [-0.2, -0.15) is 9.78 Å². The van der Waals surface area contributed by atoms with Crippen LogP contribution in [-0.2, 0) is 0 Å². The highest BCUT2D eigenvalue weighted by Gasteiger charge is 2.17. The maximum Gasteiger partial charge on any atom is 0.282 e. The van der Waals surface area contributed by atoms with Gasteiger partial charge in [0.05, 0.1) is 22.1 Å². The highest BCUT2D eigenvalue weighted by molar-refractivity contribution is 9.10. The molecule has 0 aliphatic carbocycles. The van der Waals surface area contributed by atoms with Gasteiger partial charge in [-0.05, 0) is 76.6 Å². The molecule has 6 nitrogen and oxygen atoms in total. The highest BCUT2D eigenvalue weighted by atomic mass is 79.9. The molecule has 0 aliphatic rings. The average molecular weight is 579 g/mol. The summed E-state index contributed by atoms with van der Waals surface area (Å²) in [4.78, 5) is 18.1. The van der Waals surface area contributed by atoms with Gasteiger partial charge >= 0.3 is 0 Å². The van der Waals surface area contributed by atoms with Crippen LogP contribution in [0.1, 0.15) is 5.76 Å². The van der Waals surface area contributed by atoms with Crippen LogP contribution in [-0.4, -0.2) is 15.9 Å². The summed E-state index contributed by atoms with van der Waals surface area (Å²) < 4.78 is 13.9. The molecule has 0 spiro atoms. The van der Waals surface area contributed by atoms with Gasteiger partial charge in [0.2, 0.25) is 5.82 Å². The van der Waals surface area contributed by atoms with Crippen LogP contribution in [0.4, 0.5) is 0 Å². The summed E-state index contributed by atoms with van der Waals surface area (Å²) in [7, 11) is 0. The zero-order valence-corrected chi connectivity index (χ0v) is 21.4. The molecule has 0 N–H and O–H groups in total. The largest absolute Gasteiger partial charge is 0.455 e. The van der Waals surface area contributed by atoms with E-state index in [0.717, 1.165) is 15.4 Å². The van der Waals surface area contributed by atoms with Gasteiger partial charge in [-0.25, -0.2) is 4.98 Å². The third-order valence-electron chi connectivity index (χ3n) is 5.58. The van der Waals surface area contributed by atoms with E-state index in [1.54, 1.807) is 54.6 Å². The molecule has 0 saturated carbocycles. The molecule has 3 heterocycles. The van der Waals surface area contributed by atoms with Crippen LogP contribution in [0.2, 0.25) is 10.0 Å². The van der Waals surface area contributed by atoms with Crippen LogP contribution in [0.3, 0.4) is 0 Å². The van der Waals surface area contributed by atoms with Gasteiger partial charge in [-0.3, -0.25) is 4.79 Å². The Labute approximate surface area is 222 Å². The minimum absolute atomic E-state index is 0.258. The van der Waals surface area contributed by atoms with Crippen LogP contribution >= 0.6 is 39.1 Å². The van der Waals surface area contributed by atoms with Crippen molar-refractivity contribution in [1.29, 1.82) is 0 Å². The summed E-state index contributed by atoms with van der Waals surface area (Å²) in [5.41, 5.74) is 1.64. The average Bonchev–Trinajstić information content (AvgIpc) is 3.52. The fourth-order valence-corrected chi connectivity index (χ4v) is 4.46. The molecular formula is C27H14BrCl2N3O3. The molecule has 176 valence electrons. The molecule has 0 atom stereocenters. The van der Waals surface area contributed by atoms with Gasteiger partial charge in [0, 0.05) is 20.4 Å². The van der Waals surface area contributed by atoms with Gasteiger partial charge in [-0.1, -0.05) is 41.4 Å². The van der Waals surface area contributed by atoms with Crippen LogP contribution in [0, 0.1) is 0 Å². The van der Waals surface area contributed by atoms with E-state index in [9.17, 15) is 4.79 Å². The van der Waals surface area contributed by atoms with Crippen molar-refractivity contribution in [2.45, 2.75) is 0 Å². The highest BCUT2D eigenvalue weighted by Crippen LogP contribution is 2.31. The molecule has 3 aromatic heterocycles. The lowest BCUT2D eigenvalue weighted by Gasteiger charge is -2.06. The van der Waals surface area contributed by atoms with Crippen LogP contribution in [0.25, 0.3) is 44.8 Å². The summed E-state index contributed by atoms with van der Waals surface area (Å²) in [5.74, 6) is 1.71. The zero-order valence-electron chi connectivity index (χ0n) is 18.3. The Morgan fingerprint density at radius 2 is 1.78 bits per heavy atom. The van der Waals surface area contributed by atoms with E-state index < -0.39 is 0 Å². The maximum absolute atomic E-state index is 13.4. The quantitative estimate of drug-likeness (QED) is 0.198. The number of hydrogen-bond donors (Lipinski definition) is 0. The monoisotopic (exact) mass is 577 g/mol. The topological polar surface area (TPSA) is 73.5 Å². The van der Waals surface area contributed by atoms with Crippen molar-refractivity contribution in [1.82, 2.24) is 9.66 Å². The minimum Gasteiger partial charge on any atom is -0.455 e. The first-order valence-corrected chi connectivity index (χ1v) is 12.3. The molecule has 6 rings (SSSR count). The SMILES string of the molecule is O=c1c2ccccc2nc(-c2cc3cc(Cl)ccc3o2)n1N=Cc1ccc(-c2ccc(Br)c(Cl)c2)o1. The van der Waals surface area contributed by atoms with Gasteiger partial charge in [0.1, 0.15) is 17.1 Å². The second kappa shape index (κ2) is 9.09. The van der Waals surface area contributed by atoms with Crippen molar-refractivity contribution in [2.24, 2.45) is 5.10 Å². The molecule has 0 bridgehead atoms. The molecule has 0 aliphatic heterocycles. The van der Waals surface area contributed by atoms with Gasteiger partial charge in [-0.15, -0.1) is 0 Å². The fourth-order valence-electron chi connectivity index (χ4n) is 3.86. The number of hydrogen-bond acceptors (Lipinski definition) is 5. The summed E-state index contributed by atoms with van der Waals surface area (Å²) in [5, 5.41) is 6.81. The molecule has 0 amide bonds. The molecule has 0 unspecified atom stereocenters. The second-order valence-electron chi connectivity index (χ2n) is 7.94. The minimum atomic E-state index is -0.336. The van der Waals surface area contributed by atoms with E-state index >= 15 is 0 Å². The van der Waals surface area contributed by atoms with Crippen LogP contribution in [0.15, 0.2) is 102 Å². The summed E-state index contributed by atoms with van der Waals surface area (Å²) in [6, 6.07) is 23.3. The zero-order chi connectivity index (χ0) is 24.8. The molecule has 0 fully saturated rings. The molecule has 0 radical (unpaired) electrons. The van der Waals surface area contributed by atoms with E-state index in [1.165, 1.54) is 10.9 Å². The molecule has 36 heavy (non-hydrogen) atoms. The number of aromatic nitrogens is 2. The summed E-state index contributed by atoms with van der Waals surface area (Å²) in [6.45, 7) is 0. The number of nitrogens with zero attached hydrogens (tertiary/aromatic N) is 3. The Morgan fingerprint density at radius 3 is 2.64 bits per heavy atom. The van der Waals surface area contributed by atoms with Gasteiger partial charge in [0.15, 0.2) is 5.76 Å².